The van der Waals surface area contributed by atoms with E-state index in [1.807, 2.05) is 12.1 Å². The van der Waals surface area contributed by atoms with Crippen LogP contribution in [0.2, 0.25) is 0 Å². The van der Waals surface area contributed by atoms with E-state index < -0.39 is 22.6 Å². The first-order valence-electron chi connectivity index (χ1n) is 9.88. The quantitative estimate of drug-likeness (QED) is 0.577. The summed E-state index contributed by atoms with van der Waals surface area (Å²) in [4.78, 5) is 26.6. The Labute approximate surface area is 187 Å². The third kappa shape index (κ3) is 4.86. The van der Waals surface area contributed by atoms with Gasteiger partial charge in [-0.15, -0.1) is 0 Å². The average Bonchev–Trinajstić information content (AvgIpc) is 2.80. The maximum absolute atomic E-state index is 12.6. The molecule has 2 aromatic rings. The van der Waals surface area contributed by atoms with Crippen molar-refractivity contribution in [1.29, 1.82) is 0 Å². The van der Waals surface area contributed by atoms with E-state index in [0.717, 1.165) is 15.4 Å². The number of hydrogen-bond acceptors (Lipinski definition) is 7. The minimum Gasteiger partial charge on any atom is -0.493 e. The molecule has 2 aromatic carbocycles. The van der Waals surface area contributed by atoms with Crippen LogP contribution in [0.5, 0.6) is 11.5 Å². The fraction of sp³-hybridized carbons (Fsp3) is 0.364. The molecule has 3 rings (SSSR count). The molecule has 0 atom stereocenters. The second kappa shape index (κ2) is 9.58. The van der Waals surface area contributed by atoms with Crippen molar-refractivity contribution in [2.75, 3.05) is 41.5 Å². The van der Waals surface area contributed by atoms with Gasteiger partial charge in [-0.1, -0.05) is 6.07 Å². The zero-order chi connectivity index (χ0) is 23.5. The molecule has 9 nitrogen and oxygen atoms in total. The van der Waals surface area contributed by atoms with E-state index in [4.69, 9.17) is 14.2 Å². The monoisotopic (exact) mass is 462 g/mol. The van der Waals surface area contributed by atoms with Crippen molar-refractivity contribution in [3.05, 3.63) is 53.1 Å². The van der Waals surface area contributed by atoms with Crippen LogP contribution in [0.3, 0.4) is 0 Å². The summed E-state index contributed by atoms with van der Waals surface area (Å²) >= 11 is 0. The molecule has 0 saturated heterocycles. The van der Waals surface area contributed by atoms with Gasteiger partial charge >= 0.3 is 5.97 Å². The SMILES string of the molecule is COc1cc2c(cc1OC)CN(C(=O)COC(=O)c1cccc(S(=O)(=O)N(C)C)c1)CC2. The Kier molecular flexibility index (Phi) is 7.05. The van der Waals surface area contributed by atoms with Crippen LogP contribution in [-0.4, -0.2) is 71.0 Å². The van der Waals surface area contributed by atoms with Gasteiger partial charge in [-0.2, -0.15) is 0 Å². The van der Waals surface area contributed by atoms with Gasteiger partial charge in [-0.25, -0.2) is 17.5 Å². The summed E-state index contributed by atoms with van der Waals surface area (Å²) < 4.78 is 41.4. The molecule has 0 radical (unpaired) electrons. The maximum Gasteiger partial charge on any atom is 0.338 e. The Bertz CT molecular complexity index is 1130. The standard InChI is InChI=1S/C22H26N2O7S/c1-23(2)32(27,28)18-7-5-6-16(10-18)22(26)31-14-21(25)24-9-8-15-11-19(29-3)20(30-4)12-17(15)13-24/h5-7,10-12H,8-9,13-14H2,1-4H3. The molecule has 0 spiro atoms. The van der Waals surface area contributed by atoms with Gasteiger partial charge in [0.25, 0.3) is 5.91 Å². The van der Waals surface area contributed by atoms with E-state index in [-0.39, 0.29) is 16.4 Å². The van der Waals surface area contributed by atoms with Crippen molar-refractivity contribution in [2.45, 2.75) is 17.9 Å². The molecule has 0 bridgehead atoms. The Morgan fingerprint density at radius 2 is 1.69 bits per heavy atom. The number of methoxy groups -OCH3 is 2. The molecule has 0 aliphatic carbocycles. The van der Waals surface area contributed by atoms with Gasteiger partial charge in [0, 0.05) is 27.2 Å². The summed E-state index contributed by atoms with van der Waals surface area (Å²) in [7, 11) is 2.24. The summed E-state index contributed by atoms with van der Waals surface area (Å²) in [5.41, 5.74) is 2.07. The maximum atomic E-state index is 12.6. The predicted octanol–water partition coefficient (Wildman–Crippen LogP) is 1.70. The summed E-state index contributed by atoms with van der Waals surface area (Å²) in [5, 5.41) is 0. The number of benzene rings is 2. The van der Waals surface area contributed by atoms with E-state index in [9.17, 15) is 18.0 Å². The lowest BCUT2D eigenvalue weighted by Gasteiger charge is -2.29. The molecule has 172 valence electrons. The second-order valence-corrected chi connectivity index (χ2v) is 9.58. The van der Waals surface area contributed by atoms with Crippen molar-refractivity contribution in [1.82, 2.24) is 9.21 Å². The molecular weight excluding hydrogens is 436 g/mol. The Balaban J connectivity index is 1.65. The Morgan fingerprint density at radius 1 is 1.03 bits per heavy atom. The molecule has 32 heavy (non-hydrogen) atoms. The lowest BCUT2D eigenvalue weighted by atomic mass is 9.99. The highest BCUT2D eigenvalue weighted by Gasteiger charge is 2.24. The molecule has 1 heterocycles. The molecule has 0 unspecified atom stereocenters. The number of esters is 1. The average molecular weight is 463 g/mol. The fourth-order valence-electron chi connectivity index (χ4n) is 3.39. The number of ether oxygens (including phenoxy) is 3. The third-order valence-electron chi connectivity index (χ3n) is 5.25. The number of fused-ring (bicyclic) bond motifs is 1. The minimum absolute atomic E-state index is 0.0275. The van der Waals surface area contributed by atoms with E-state index in [1.165, 1.54) is 38.4 Å². The van der Waals surface area contributed by atoms with Gasteiger partial charge in [-0.3, -0.25) is 4.79 Å². The van der Waals surface area contributed by atoms with Crippen LogP contribution in [0.25, 0.3) is 0 Å². The van der Waals surface area contributed by atoms with Gasteiger partial charge in [0.2, 0.25) is 10.0 Å². The molecule has 0 fully saturated rings. The topological polar surface area (TPSA) is 102 Å². The highest BCUT2D eigenvalue weighted by Crippen LogP contribution is 2.33. The second-order valence-electron chi connectivity index (χ2n) is 7.43. The van der Waals surface area contributed by atoms with Crippen molar-refractivity contribution >= 4 is 21.9 Å². The molecular formula is C22H26N2O7S. The van der Waals surface area contributed by atoms with E-state index in [0.29, 0.717) is 31.0 Å². The van der Waals surface area contributed by atoms with Gasteiger partial charge in [0.1, 0.15) is 0 Å². The van der Waals surface area contributed by atoms with E-state index in [2.05, 4.69) is 0 Å². The van der Waals surface area contributed by atoms with Gasteiger partial charge in [-0.05, 0) is 47.9 Å². The predicted molar refractivity (Wildman–Crippen MR) is 116 cm³/mol. The summed E-state index contributed by atoms with van der Waals surface area (Å²) in [6.45, 7) is 0.407. The first kappa shape index (κ1) is 23.6. The summed E-state index contributed by atoms with van der Waals surface area (Å²) in [5.74, 6) is 0.117. The van der Waals surface area contributed by atoms with Crippen LogP contribution < -0.4 is 9.47 Å². The molecule has 1 aliphatic rings. The van der Waals surface area contributed by atoms with E-state index >= 15 is 0 Å². The summed E-state index contributed by atoms with van der Waals surface area (Å²) in [6, 6.07) is 9.28. The minimum atomic E-state index is -3.69. The summed E-state index contributed by atoms with van der Waals surface area (Å²) in [6.07, 6.45) is 0.639. The van der Waals surface area contributed by atoms with Crippen LogP contribution in [0.1, 0.15) is 21.5 Å². The first-order valence-corrected chi connectivity index (χ1v) is 11.3. The number of hydrogen-bond donors (Lipinski definition) is 0. The van der Waals surface area contributed by atoms with Crippen LogP contribution in [0, 0.1) is 0 Å². The molecule has 10 heteroatoms. The molecule has 0 aromatic heterocycles. The lowest BCUT2D eigenvalue weighted by molar-refractivity contribution is -0.135. The normalized spacial score (nSPS) is 13.5. The first-order chi connectivity index (χ1) is 15.2. The number of carbonyl (C=O) groups excluding carboxylic acids is 2. The molecule has 1 aliphatic heterocycles. The largest absolute Gasteiger partial charge is 0.493 e. The zero-order valence-corrected chi connectivity index (χ0v) is 19.3. The Morgan fingerprint density at radius 3 is 2.31 bits per heavy atom. The molecule has 0 N–H and O–H groups in total. The lowest BCUT2D eigenvalue weighted by Crippen LogP contribution is -2.38. The number of rotatable bonds is 7. The van der Waals surface area contributed by atoms with Crippen LogP contribution >= 0.6 is 0 Å². The highest BCUT2D eigenvalue weighted by molar-refractivity contribution is 7.89. The van der Waals surface area contributed by atoms with E-state index in [1.54, 1.807) is 19.1 Å². The zero-order valence-electron chi connectivity index (χ0n) is 18.5. The van der Waals surface area contributed by atoms with Gasteiger partial charge in [0.05, 0.1) is 24.7 Å². The van der Waals surface area contributed by atoms with Crippen molar-refractivity contribution in [2.24, 2.45) is 0 Å². The highest BCUT2D eigenvalue weighted by atomic mass is 32.2. The van der Waals surface area contributed by atoms with Crippen molar-refractivity contribution in [3.63, 3.8) is 0 Å². The third-order valence-corrected chi connectivity index (χ3v) is 7.06. The van der Waals surface area contributed by atoms with Crippen LogP contribution in [0.4, 0.5) is 0 Å². The van der Waals surface area contributed by atoms with Gasteiger partial charge in [0.15, 0.2) is 18.1 Å². The van der Waals surface area contributed by atoms with Crippen molar-refractivity contribution < 1.29 is 32.2 Å². The number of nitrogens with zero attached hydrogens (tertiary/aromatic N) is 2. The van der Waals surface area contributed by atoms with Gasteiger partial charge < -0.3 is 19.1 Å². The van der Waals surface area contributed by atoms with Crippen LogP contribution in [0.15, 0.2) is 41.3 Å². The fourth-order valence-corrected chi connectivity index (χ4v) is 4.34. The number of sulfonamides is 1. The smallest absolute Gasteiger partial charge is 0.338 e. The number of amides is 1. The van der Waals surface area contributed by atoms with Crippen LogP contribution in [-0.2, 0) is 32.5 Å². The van der Waals surface area contributed by atoms with Crippen molar-refractivity contribution in [3.8, 4) is 11.5 Å². The molecule has 0 saturated carbocycles. The molecule has 1 amide bonds. The Hall–Kier alpha value is -3.11. The number of carbonyl (C=O) groups is 2.